The summed E-state index contributed by atoms with van der Waals surface area (Å²) in [5, 5.41) is 3.25. The third kappa shape index (κ3) is 4.84. The Hall–Kier alpha value is -3.88. The zero-order chi connectivity index (χ0) is 24.3. The Morgan fingerprint density at radius 1 is 0.771 bits per heavy atom. The standard InChI is InChI=1S/C27H21N3O3S2/c31-26(28-22-17-15-21(16-18-22)20-9-3-1-4-10-20)19-34-27-29-24-13-7-8-14-25(24)30(27)35(32,33)23-11-5-2-6-12-23/h1-18H,19H2,(H,28,31)/p+1. The summed E-state index contributed by atoms with van der Waals surface area (Å²) in [6.07, 6.45) is 0. The van der Waals surface area contributed by atoms with Crippen LogP contribution in [-0.4, -0.2) is 25.1 Å². The number of benzene rings is 4. The maximum Gasteiger partial charge on any atom is 0.336 e. The summed E-state index contributed by atoms with van der Waals surface area (Å²) >= 11 is 1.14. The van der Waals surface area contributed by atoms with E-state index in [1.54, 1.807) is 42.5 Å². The highest BCUT2D eigenvalue weighted by molar-refractivity contribution is 8.00. The van der Waals surface area contributed by atoms with Crippen molar-refractivity contribution in [3.8, 4) is 11.1 Å². The average molecular weight is 501 g/mol. The number of aromatic amines is 1. The van der Waals surface area contributed by atoms with Crippen LogP contribution in [-0.2, 0) is 14.8 Å². The number of carbonyl (C=O) groups is 1. The van der Waals surface area contributed by atoms with Gasteiger partial charge in [-0.3, -0.25) is 4.79 Å². The normalized spacial score (nSPS) is 11.4. The van der Waals surface area contributed by atoms with Crippen molar-refractivity contribution in [2.24, 2.45) is 0 Å². The zero-order valence-corrected chi connectivity index (χ0v) is 20.2. The van der Waals surface area contributed by atoms with E-state index in [0.717, 1.165) is 22.9 Å². The van der Waals surface area contributed by atoms with Crippen LogP contribution in [0.1, 0.15) is 0 Å². The minimum atomic E-state index is -3.86. The van der Waals surface area contributed by atoms with Crippen molar-refractivity contribution in [3.63, 3.8) is 0 Å². The van der Waals surface area contributed by atoms with Crippen LogP contribution in [0.4, 0.5) is 5.69 Å². The second kappa shape index (κ2) is 9.77. The summed E-state index contributed by atoms with van der Waals surface area (Å²) < 4.78 is 28.2. The number of H-pyrrole nitrogens is 1. The molecule has 0 atom stereocenters. The molecule has 0 radical (unpaired) electrons. The maximum absolute atomic E-state index is 13.4. The van der Waals surface area contributed by atoms with Crippen LogP contribution in [0.15, 0.2) is 119 Å². The van der Waals surface area contributed by atoms with Crippen molar-refractivity contribution in [2.45, 2.75) is 10.1 Å². The number of aromatic nitrogens is 2. The van der Waals surface area contributed by atoms with Gasteiger partial charge in [-0.2, -0.15) is 8.42 Å². The minimum absolute atomic E-state index is 0.0393. The van der Waals surface area contributed by atoms with E-state index < -0.39 is 10.0 Å². The highest BCUT2D eigenvalue weighted by Crippen LogP contribution is 2.23. The van der Waals surface area contributed by atoms with Crippen molar-refractivity contribution in [3.05, 3.63) is 109 Å². The van der Waals surface area contributed by atoms with E-state index in [-0.39, 0.29) is 16.6 Å². The number of thioether (sulfide) groups is 1. The van der Waals surface area contributed by atoms with Crippen LogP contribution in [0.25, 0.3) is 22.2 Å². The van der Waals surface area contributed by atoms with E-state index in [0.29, 0.717) is 21.9 Å². The molecular formula is C27H22N3O3S2+. The Morgan fingerprint density at radius 3 is 2.09 bits per heavy atom. The van der Waals surface area contributed by atoms with Crippen molar-refractivity contribution in [1.82, 2.24) is 4.98 Å². The van der Waals surface area contributed by atoms with Gasteiger partial charge in [0.25, 0.3) is 0 Å². The van der Waals surface area contributed by atoms with Gasteiger partial charge in [0.2, 0.25) is 5.91 Å². The van der Waals surface area contributed by atoms with Crippen molar-refractivity contribution in [2.75, 3.05) is 11.1 Å². The first-order valence-electron chi connectivity index (χ1n) is 10.9. The first kappa shape index (κ1) is 22.9. The lowest BCUT2D eigenvalue weighted by atomic mass is 10.1. The van der Waals surface area contributed by atoms with E-state index >= 15 is 0 Å². The lowest BCUT2D eigenvalue weighted by Gasteiger charge is -2.07. The molecule has 5 aromatic rings. The van der Waals surface area contributed by atoms with Crippen LogP contribution >= 0.6 is 11.8 Å². The Labute approximate surface area is 207 Å². The Bertz CT molecular complexity index is 1580. The van der Waals surface area contributed by atoms with E-state index in [4.69, 9.17) is 0 Å². The van der Waals surface area contributed by atoms with E-state index in [1.807, 2.05) is 66.7 Å². The fourth-order valence-corrected chi connectivity index (χ4v) is 6.35. The molecule has 0 saturated heterocycles. The number of fused-ring (bicyclic) bond motifs is 1. The number of nitrogens with zero attached hydrogens (tertiary/aromatic N) is 1. The van der Waals surface area contributed by atoms with Gasteiger partial charge in [0.1, 0.15) is 4.90 Å². The molecule has 6 nitrogen and oxygen atoms in total. The molecule has 1 amide bonds. The third-order valence-corrected chi connectivity index (χ3v) is 8.25. The molecule has 0 bridgehead atoms. The highest BCUT2D eigenvalue weighted by atomic mass is 32.2. The van der Waals surface area contributed by atoms with Crippen molar-refractivity contribution in [1.29, 1.82) is 0 Å². The van der Waals surface area contributed by atoms with E-state index in [2.05, 4.69) is 10.3 Å². The lowest BCUT2D eigenvalue weighted by Crippen LogP contribution is -2.44. The Kier molecular flexibility index (Phi) is 6.39. The number of amides is 1. The predicted molar refractivity (Wildman–Crippen MR) is 139 cm³/mol. The molecule has 4 aromatic carbocycles. The molecule has 0 unspecified atom stereocenters. The van der Waals surface area contributed by atoms with Crippen LogP contribution < -0.4 is 9.29 Å². The molecule has 0 aliphatic rings. The second-order valence-electron chi connectivity index (χ2n) is 7.81. The van der Waals surface area contributed by atoms with E-state index in [1.165, 1.54) is 3.97 Å². The monoisotopic (exact) mass is 500 g/mol. The topological polar surface area (TPSA) is 82.9 Å². The van der Waals surface area contributed by atoms with Crippen LogP contribution in [0, 0.1) is 0 Å². The highest BCUT2D eigenvalue weighted by Gasteiger charge is 2.31. The Morgan fingerprint density at radius 2 is 1.37 bits per heavy atom. The Balaban J connectivity index is 1.35. The lowest BCUT2D eigenvalue weighted by molar-refractivity contribution is -0.526. The first-order valence-corrected chi connectivity index (χ1v) is 13.4. The molecule has 1 aromatic heterocycles. The average Bonchev–Trinajstić information content (AvgIpc) is 3.28. The fraction of sp³-hybridized carbons (Fsp3) is 0.0370. The number of hydrogen-bond acceptors (Lipinski definition) is 4. The number of imidazole rings is 1. The van der Waals surface area contributed by atoms with Gasteiger partial charge in [0, 0.05) is 5.69 Å². The number of hydrogen-bond donors (Lipinski definition) is 2. The smallest absolute Gasteiger partial charge is 0.325 e. The SMILES string of the molecule is O=C(CSc1[nH]c2ccccc2[n+]1S(=O)(=O)c1ccccc1)Nc1ccc(-c2ccccc2)cc1. The molecule has 0 spiro atoms. The molecule has 0 fully saturated rings. The van der Waals surface area contributed by atoms with Crippen molar-refractivity contribution < 1.29 is 17.2 Å². The van der Waals surface area contributed by atoms with E-state index in [9.17, 15) is 13.2 Å². The first-order chi connectivity index (χ1) is 17.0. The summed E-state index contributed by atoms with van der Waals surface area (Å²) in [4.78, 5) is 16.0. The summed E-state index contributed by atoms with van der Waals surface area (Å²) in [6, 6.07) is 33.0. The maximum atomic E-state index is 13.4. The minimum Gasteiger partial charge on any atom is -0.325 e. The van der Waals surface area contributed by atoms with Gasteiger partial charge in [-0.1, -0.05) is 72.8 Å². The largest absolute Gasteiger partial charge is 0.336 e. The molecule has 0 aliphatic carbocycles. The number of para-hydroxylation sites is 2. The molecule has 8 heteroatoms. The number of rotatable bonds is 7. The second-order valence-corrected chi connectivity index (χ2v) is 10.6. The van der Waals surface area contributed by atoms with Crippen molar-refractivity contribution >= 4 is 44.4 Å². The van der Waals surface area contributed by atoms with Gasteiger partial charge < -0.3 is 5.32 Å². The quantitative estimate of drug-likeness (QED) is 0.241. The molecule has 2 N–H and O–H groups in total. The van der Waals surface area contributed by atoms with Gasteiger partial charge >= 0.3 is 15.2 Å². The van der Waals surface area contributed by atoms with Gasteiger partial charge in [-0.25, -0.2) is 4.98 Å². The third-order valence-electron chi connectivity index (χ3n) is 5.45. The van der Waals surface area contributed by atoms with Crippen LogP contribution in [0.2, 0.25) is 0 Å². The molecule has 0 saturated carbocycles. The van der Waals surface area contributed by atoms with Gasteiger partial charge in [-0.05, 0) is 59.3 Å². The number of nitrogens with one attached hydrogen (secondary N) is 2. The molecule has 1 heterocycles. The summed E-state index contributed by atoms with van der Waals surface area (Å²) in [5.41, 5.74) is 4.03. The van der Waals surface area contributed by atoms with Crippen LogP contribution in [0.5, 0.6) is 0 Å². The fourth-order valence-electron chi connectivity index (χ4n) is 3.77. The molecule has 5 rings (SSSR count). The molecule has 0 aliphatic heterocycles. The van der Waals surface area contributed by atoms with Gasteiger partial charge in [-0.15, -0.1) is 3.97 Å². The summed E-state index contributed by atoms with van der Waals surface area (Å²) in [6.45, 7) is 0. The predicted octanol–water partition coefficient (Wildman–Crippen LogP) is 5.09. The van der Waals surface area contributed by atoms with Gasteiger partial charge in [0.05, 0.1) is 5.75 Å². The molecule has 35 heavy (non-hydrogen) atoms. The summed E-state index contributed by atoms with van der Waals surface area (Å²) in [5.74, 6) is -0.192. The van der Waals surface area contributed by atoms with Gasteiger partial charge in [0.15, 0.2) is 11.0 Å². The zero-order valence-electron chi connectivity index (χ0n) is 18.6. The molecular weight excluding hydrogens is 478 g/mol. The summed E-state index contributed by atoms with van der Waals surface area (Å²) in [7, 11) is -3.86. The number of carbonyl (C=O) groups excluding carboxylic acids is 1. The number of anilines is 1. The van der Waals surface area contributed by atoms with Crippen LogP contribution in [0.3, 0.4) is 0 Å². The molecule has 174 valence electrons.